The van der Waals surface area contributed by atoms with Crippen LogP contribution in [-0.2, 0) is 0 Å². The minimum Gasteiger partial charge on any atom is -0.0996 e. The highest BCUT2D eigenvalue weighted by Gasteiger charge is 2.33. The van der Waals surface area contributed by atoms with Crippen molar-refractivity contribution < 1.29 is 0 Å². The molecule has 0 saturated heterocycles. The van der Waals surface area contributed by atoms with Gasteiger partial charge in [0.15, 0.2) is 0 Å². The molecule has 2 saturated carbocycles. The van der Waals surface area contributed by atoms with Crippen molar-refractivity contribution in [2.45, 2.75) is 45.4 Å². The predicted octanol–water partition coefficient (Wildman–Crippen LogP) is 3.78. The van der Waals surface area contributed by atoms with E-state index < -0.39 is 0 Å². The maximum atomic E-state index is 4.19. The van der Waals surface area contributed by atoms with Crippen molar-refractivity contribution in [3.8, 4) is 0 Å². The number of hydrogen-bond donors (Lipinski definition) is 0. The molecule has 0 bridgehead atoms. The van der Waals surface area contributed by atoms with E-state index in [1.807, 2.05) is 0 Å². The fraction of sp³-hybridized carbons (Fsp3) is 0.833. The molecule has 0 aromatic heterocycles. The van der Waals surface area contributed by atoms with E-state index in [2.05, 4.69) is 13.5 Å². The van der Waals surface area contributed by atoms with Crippen LogP contribution in [0.3, 0.4) is 0 Å². The Hall–Kier alpha value is -0.260. The summed E-state index contributed by atoms with van der Waals surface area (Å²) in [5, 5.41) is 0. The predicted molar refractivity (Wildman–Crippen MR) is 53.0 cm³/mol. The lowest BCUT2D eigenvalue weighted by Crippen LogP contribution is -2.30. The summed E-state index contributed by atoms with van der Waals surface area (Å²) in [6, 6.07) is 0. The minimum absolute atomic E-state index is 0.823. The second-order valence-electron chi connectivity index (χ2n) is 4.69. The van der Waals surface area contributed by atoms with Gasteiger partial charge in [0.1, 0.15) is 0 Å². The lowest BCUT2D eigenvalue weighted by atomic mass is 9.65. The van der Waals surface area contributed by atoms with Gasteiger partial charge in [0.25, 0.3) is 0 Å². The molecule has 0 heterocycles. The fourth-order valence-corrected chi connectivity index (χ4v) is 3.15. The van der Waals surface area contributed by atoms with Crippen LogP contribution >= 0.6 is 0 Å². The van der Waals surface area contributed by atoms with E-state index >= 15 is 0 Å². The van der Waals surface area contributed by atoms with Gasteiger partial charge in [-0.05, 0) is 37.0 Å². The van der Waals surface area contributed by atoms with Gasteiger partial charge in [-0.3, -0.25) is 0 Å². The van der Waals surface area contributed by atoms with Gasteiger partial charge < -0.3 is 0 Å². The minimum atomic E-state index is 0.823. The summed E-state index contributed by atoms with van der Waals surface area (Å²) < 4.78 is 0. The fourth-order valence-electron chi connectivity index (χ4n) is 3.15. The van der Waals surface area contributed by atoms with Crippen molar-refractivity contribution in [1.82, 2.24) is 0 Å². The molecule has 0 N–H and O–H groups in total. The van der Waals surface area contributed by atoms with Gasteiger partial charge in [-0.1, -0.05) is 38.3 Å². The highest BCUT2D eigenvalue weighted by atomic mass is 14.4. The van der Waals surface area contributed by atoms with Crippen LogP contribution in [0.25, 0.3) is 0 Å². The molecule has 0 spiro atoms. The van der Waals surface area contributed by atoms with Gasteiger partial charge >= 0.3 is 0 Å². The second-order valence-corrected chi connectivity index (χ2v) is 4.69. The smallest absolute Gasteiger partial charge is 0.0203 e. The first kappa shape index (κ1) is 8.34. The third-order valence-corrected chi connectivity index (χ3v) is 4.09. The summed E-state index contributed by atoms with van der Waals surface area (Å²) >= 11 is 0. The van der Waals surface area contributed by atoms with Crippen molar-refractivity contribution in [3.63, 3.8) is 0 Å². The molecule has 2 aliphatic rings. The lowest BCUT2D eigenvalue weighted by Gasteiger charge is -2.41. The van der Waals surface area contributed by atoms with Crippen LogP contribution in [0, 0.1) is 17.8 Å². The van der Waals surface area contributed by atoms with Gasteiger partial charge in [-0.2, -0.15) is 0 Å². The number of hydrogen-bond acceptors (Lipinski definition) is 0. The van der Waals surface area contributed by atoms with Crippen LogP contribution in [0.1, 0.15) is 45.4 Å². The standard InChI is InChI=1S/C12H20/c1-9-7-8-11-5-3-4-6-12(11)10(9)2/h10-12H,1,3-8H2,2H3. The molecule has 3 unspecified atom stereocenters. The first-order valence-corrected chi connectivity index (χ1v) is 5.46. The number of rotatable bonds is 0. The highest BCUT2D eigenvalue weighted by molar-refractivity contribution is 5.07. The molecule has 2 fully saturated rings. The molecule has 12 heavy (non-hydrogen) atoms. The molecule has 0 amide bonds. The van der Waals surface area contributed by atoms with E-state index in [1.165, 1.54) is 44.1 Å². The van der Waals surface area contributed by atoms with Crippen LogP contribution in [-0.4, -0.2) is 0 Å². The Labute approximate surface area is 76.1 Å². The first-order valence-electron chi connectivity index (χ1n) is 5.46. The van der Waals surface area contributed by atoms with E-state index in [0.29, 0.717) is 0 Å². The summed E-state index contributed by atoms with van der Waals surface area (Å²) in [5.74, 6) is 2.88. The van der Waals surface area contributed by atoms with E-state index in [9.17, 15) is 0 Å². The maximum Gasteiger partial charge on any atom is -0.0203 e. The molecular weight excluding hydrogens is 144 g/mol. The van der Waals surface area contributed by atoms with E-state index in [1.54, 1.807) is 0 Å². The quantitative estimate of drug-likeness (QED) is 0.478. The Morgan fingerprint density at radius 1 is 1.17 bits per heavy atom. The zero-order chi connectivity index (χ0) is 8.55. The Morgan fingerprint density at radius 2 is 1.92 bits per heavy atom. The van der Waals surface area contributed by atoms with E-state index in [0.717, 1.165) is 17.8 Å². The lowest BCUT2D eigenvalue weighted by molar-refractivity contribution is 0.151. The molecule has 0 heteroatoms. The van der Waals surface area contributed by atoms with Gasteiger partial charge in [0.2, 0.25) is 0 Å². The van der Waals surface area contributed by atoms with Gasteiger partial charge in [0, 0.05) is 0 Å². The second kappa shape index (κ2) is 3.24. The largest absolute Gasteiger partial charge is 0.0996 e. The molecule has 0 aromatic rings. The zero-order valence-corrected chi connectivity index (χ0v) is 8.18. The molecule has 0 radical (unpaired) electrons. The van der Waals surface area contributed by atoms with Crippen molar-refractivity contribution in [1.29, 1.82) is 0 Å². The Balaban J connectivity index is 2.08. The van der Waals surface area contributed by atoms with Gasteiger partial charge in [-0.25, -0.2) is 0 Å². The summed E-state index contributed by atoms with van der Waals surface area (Å²) in [4.78, 5) is 0. The van der Waals surface area contributed by atoms with Gasteiger partial charge in [0.05, 0.1) is 0 Å². The number of allylic oxidation sites excluding steroid dienone is 1. The molecule has 2 rings (SSSR count). The Morgan fingerprint density at radius 3 is 2.75 bits per heavy atom. The van der Waals surface area contributed by atoms with E-state index in [4.69, 9.17) is 0 Å². The first-order chi connectivity index (χ1) is 5.79. The van der Waals surface area contributed by atoms with Crippen LogP contribution in [0.15, 0.2) is 12.2 Å². The van der Waals surface area contributed by atoms with Crippen LogP contribution in [0.4, 0.5) is 0 Å². The maximum absolute atomic E-state index is 4.19. The zero-order valence-electron chi connectivity index (χ0n) is 8.18. The number of fused-ring (bicyclic) bond motifs is 1. The third kappa shape index (κ3) is 1.32. The van der Waals surface area contributed by atoms with Crippen molar-refractivity contribution >= 4 is 0 Å². The molecule has 0 nitrogen and oxygen atoms in total. The third-order valence-electron chi connectivity index (χ3n) is 4.09. The average molecular weight is 164 g/mol. The van der Waals surface area contributed by atoms with Crippen LogP contribution in [0.2, 0.25) is 0 Å². The van der Waals surface area contributed by atoms with Crippen LogP contribution in [0.5, 0.6) is 0 Å². The average Bonchev–Trinajstić information content (AvgIpc) is 2.12. The molecule has 68 valence electrons. The Kier molecular flexibility index (Phi) is 2.25. The summed E-state index contributed by atoms with van der Waals surface area (Å²) in [6.45, 7) is 6.58. The topological polar surface area (TPSA) is 0 Å². The highest BCUT2D eigenvalue weighted by Crippen LogP contribution is 2.45. The summed E-state index contributed by atoms with van der Waals surface area (Å²) in [7, 11) is 0. The van der Waals surface area contributed by atoms with E-state index in [-0.39, 0.29) is 0 Å². The SMILES string of the molecule is C=C1CCC2CCCCC2C1C. The normalized spacial score (nSPS) is 42.4. The van der Waals surface area contributed by atoms with Gasteiger partial charge in [-0.15, -0.1) is 0 Å². The van der Waals surface area contributed by atoms with Crippen molar-refractivity contribution in [2.75, 3.05) is 0 Å². The molecule has 0 aliphatic heterocycles. The molecule has 0 aromatic carbocycles. The van der Waals surface area contributed by atoms with Crippen molar-refractivity contribution in [2.24, 2.45) is 17.8 Å². The Bertz CT molecular complexity index is 180. The monoisotopic (exact) mass is 164 g/mol. The molecule has 2 aliphatic carbocycles. The van der Waals surface area contributed by atoms with Crippen LogP contribution < -0.4 is 0 Å². The summed E-state index contributed by atoms with van der Waals surface area (Å²) in [6.07, 6.45) is 8.68. The summed E-state index contributed by atoms with van der Waals surface area (Å²) in [5.41, 5.74) is 1.53. The molecular formula is C12H20. The molecule has 3 atom stereocenters. The van der Waals surface area contributed by atoms with Crippen molar-refractivity contribution in [3.05, 3.63) is 12.2 Å².